The van der Waals surface area contributed by atoms with Crippen LogP contribution in [0.2, 0.25) is 0 Å². The van der Waals surface area contributed by atoms with Crippen LogP contribution in [0.4, 0.5) is 0 Å². The number of nitrogens with two attached hydrogens (primary N) is 1. The van der Waals surface area contributed by atoms with E-state index >= 15 is 0 Å². The van der Waals surface area contributed by atoms with Crippen molar-refractivity contribution in [3.63, 3.8) is 0 Å². The molecule has 0 saturated heterocycles. The predicted octanol–water partition coefficient (Wildman–Crippen LogP) is -0.708. The number of carboxylic acid groups (broad SMARTS) is 1. The van der Waals surface area contributed by atoms with E-state index in [1.807, 2.05) is 13.8 Å². The van der Waals surface area contributed by atoms with Gasteiger partial charge in [0.05, 0.1) is 12.4 Å². The fourth-order valence-corrected chi connectivity index (χ4v) is 3.19. The van der Waals surface area contributed by atoms with Gasteiger partial charge in [-0.3, -0.25) is 14.4 Å². The second-order valence-electron chi connectivity index (χ2n) is 8.69. The van der Waals surface area contributed by atoms with E-state index in [9.17, 15) is 29.4 Å². The molecule has 0 aliphatic rings. The van der Waals surface area contributed by atoms with Crippen molar-refractivity contribution in [2.45, 2.75) is 84.2 Å². The van der Waals surface area contributed by atoms with Gasteiger partial charge in [0.2, 0.25) is 17.7 Å². The molecule has 0 aliphatic carbocycles. The maximum absolute atomic E-state index is 13.2. The molecule has 1 aromatic heterocycles. The first-order valence-electron chi connectivity index (χ1n) is 11.5. The van der Waals surface area contributed by atoms with Crippen LogP contribution in [0.15, 0.2) is 12.5 Å². The molecule has 0 bridgehead atoms. The summed E-state index contributed by atoms with van der Waals surface area (Å²) in [6, 6.07) is -4.51. The maximum Gasteiger partial charge on any atom is 0.326 e. The topological polar surface area (TPSA) is 200 Å². The lowest BCUT2D eigenvalue weighted by Crippen LogP contribution is -2.60. The maximum atomic E-state index is 13.2. The van der Waals surface area contributed by atoms with Crippen molar-refractivity contribution in [2.75, 3.05) is 0 Å². The number of hydrogen-bond donors (Lipinski definition) is 7. The van der Waals surface area contributed by atoms with Gasteiger partial charge in [-0.15, -0.1) is 0 Å². The minimum Gasteiger partial charge on any atom is -0.480 e. The quantitative estimate of drug-likeness (QED) is 0.180. The Labute approximate surface area is 199 Å². The highest BCUT2D eigenvalue weighted by Crippen LogP contribution is 2.12. The van der Waals surface area contributed by atoms with Gasteiger partial charge < -0.3 is 36.9 Å². The molecule has 1 rings (SSSR count). The van der Waals surface area contributed by atoms with Crippen LogP contribution in [-0.2, 0) is 25.6 Å². The van der Waals surface area contributed by atoms with Crippen molar-refractivity contribution in [3.8, 4) is 0 Å². The Balaban J connectivity index is 3.13. The van der Waals surface area contributed by atoms with E-state index in [0.717, 1.165) is 0 Å². The number of aromatic nitrogens is 2. The highest BCUT2D eigenvalue weighted by molar-refractivity contribution is 5.94. The van der Waals surface area contributed by atoms with Gasteiger partial charge >= 0.3 is 5.97 Å². The lowest BCUT2D eigenvalue weighted by molar-refractivity contribution is -0.144. The number of carboxylic acids is 1. The summed E-state index contributed by atoms with van der Waals surface area (Å²) in [5.74, 6) is -3.83. The Bertz CT molecular complexity index is 815. The van der Waals surface area contributed by atoms with E-state index in [2.05, 4.69) is 25.9 Å². The minimum absolute atomic E-state index is 0.0266. The van der Waals surface area contributed by atoms with Gasteiger partial charge in [-0.25, -0.2) is 9.78 Å². The van der Waals surface area contributed by atoms with Crippen LogP contribution in [-0.4, -0.2) is 74.1 Å². The van der Waals surface area contributed by atoms with Gasteiger partial charge in [0.1, 0.15) is 24.2 Å². The Morgan fingerprint density at radius 1 is 0.971 bits per heavy atom. The summed E-state index contributed by atoms with van der Waals surface area (Å²) in [6.45, 7) is 8.48. The van der Waals surface area contributed by atoms with E-state index in [-0.39, 0.29) is 18.3 Å². The first-order chi connectivity index (χ1) is 15.9. The summed E-state index contributed by atoms with van der Waals surface area (Å²) < 4.78 is 0. The van der Waals surface area contributed by atoms with Crippen LogP contribution < -0.4 is 21.7 Å². The third-order valence-corrected chi connectivity index (χ3v) is 6.00. The highest BCUT2D eigenvalue weighted by Gasteiger charge is 2.34. The number of aliphatic carboxylic acids is 1. The third-order valence-electron chi connectivity index (χ3n) is 6.00. The summed E-state index contributed by atoms with van der Waals surface area (Å²) in [7, 11) is 0. The summed E-state index contributed by atoms with van der Waals surface area (Å²) in [5.41, 5.74) is 6.24. The number of nitrogens with zero attached hydrogens (tertiary/aromatic N) is 1. The van der Waals surface area contributed by atoms with E-state index in [4.69, 9.17) is 5.73 Å². The van der Waals surface area contributed by atoms with Gasteiger partial charge in [0.15, 0.2) is 0 Å². The average Bonchev–Trinajstić information content (AvgIpc) is 3.31. The lowest BCUT2D eigenvalue weighted by Gasteiger charge is -2.28. The van der Waals surface area contributed by atoms with Crippen molar-refractivity contribution in [1.29, 1.82) is 0 Å². The van der Waals surface area contributed by atoms with Crippen LogP contribution in [0.1, 0.15) is 53.2 Å². The second kappa shape index (κ2) is 13.7. The fourth-order valence-electron chi connectivity index (χ4n) is 3.19. The number of aliphatic hydroxyl groups excluding tert-OH is 1. The van der Waals surface area contributed by atoms with E-state index in [1.54, 1.807) is 13.8 Å². The largest absolute Gasteiger partial charge is 0.480 e. The van der Waals surface area contributed by atoms with Gasteiger partial charge in [-0.2, -0.15) is 0 Å². The molecule has 192 valence electrons. The molecule has 7 atom stereocenters. The predicted molar refractivity (Wildman–Crippen MR) is 124 cm³/mol. The summed E-state index contributed by atoms with van der Waals surface area (Å²) >= 11 is 0. The molecular weight excluding hydrogens is 444 g/mol. The number of aromatic amines is 1. The highest BCUT2D eigenvalue weighted by atomic mass is 16.4. The third kappa shape index (κ3) is 8.41. The molecule has 0 aliphatic heterocycles. The molecule has 34 heavy (non-hydrogen) atoms. The monoisotopic (exact) mass is 482 g/mol. The fraction of sp³-hybridized carbons (Fsp3) is 0.682. The molecule has 0 saturated carbocycles. The van der Waals surface area contributed by atoms with Gasteiger partial charge in [-0.05, 0) is 18.8 Å². The molecule has 1 heterocycles. The number of carbonyl (C=O) groups excluding carboxylic acids is 3. The summed E-state index contributed by atoms with van der Waals surface area (Å²) in [4.78, 5) is 57.1. The molecule has 12 nitrogen and oxygen atoms in total. The first-order valence-corrected chi connectivity index (χ1v) is 11.5. The summed E-state index contributed by atoms with van der Waals surface area (Å²) in [5, 5.41) is 26.8. The normalized spacial score (nSPS) is 17.4. The molecule has 3 amide bonds. The molecule has 7 unspecified atom stereocenters. The SMILES string of the molecule is CCC(C)C(NC(=O)C(Cc1cnc[nH]1)NC(=O)C(NC(=O)C(N)C(C)O)C(C)CC)C(=O)O. The second-order valence-corrected chi connectivity index (χ2v) is 8.69. The van der Waals surface area contributed by atoms with Crippen LogP contribution >= 0.6 is 0 Å². The molecule has 1 aromatic rings. The Hall–Kier alpha value is -2.99. The number of aliphatic hydroxyl groups is 1. The molecule has 8 N–H and O–H groups in total. The van der Waals surface area contributed by atoms with Crippen molar-refractivity contribution in [1.82, 2.24) is 25.9 Å². The molecule has 0 fully saturated rings. The Kier molecular flexibility index (Phi) is 11.7. The smallest absolute Gasteiger partial charge is 0.326 e. The van der Waals surface area contributed by atoms with E-state index in [1.165, 1.54) is 19.4 Å². The number of rotatable bonds is 14. The number of hydrogen-bond acceptors (Lipinski definition) is 7. The van der Waals surface area contributed by atoms with Crippen LogP contribution in [0.25, 0.3) is 0 Å². The van der Waals surface area contributed by atoms with Crippen LogP contribution in [0.5, 0.6) is 0 Å². The number of nitrogens with one attached hydrogen (secondary N) is 4. The molecule has 0 radical (unpaired) electrons. The van der Waals surface area contributed by atoms with E-state index < -0.39 is 54.0 Å². The van der Waals surface area contributed by atoms with Gasteiger partial charge in [0.25, 0.3) is 0 Å². The molecule has 0 spiro atoms. The van der Waals surface area contributed by atoms with Gasteiger partial charge in [0, 0.05) is 18.3 Å². The van der Waals surface area contributed by atoms with Crippen molar-refractivity contribution < 1.29 is 29.4 Å². The van der Waals surface area contributed by atoms with Crippen LogP contribution in [0, 0.1) is 11.8 Å². The molecular formula is C22H38N6O6. The Morgan fingerprint density at radius 2 is 1.53 bits per heavy atom. The zero-order chi connectivity index (χ0) is 26.0. The lowest BCUT2D eigenvalue weighted by atomic mass is 9.96. The minimum atomic E-state index is -1.23. The number of H-pyrrole nitrogens is 1. The number of amides is 3. The molecule has 0 aromatic carbocycles. The zero-order valence-corrected chi connectivity index (χ0v) is 20.4. The standard InChI is InChI=1S/C22H38N6O6/c1-6-11(3)17(27-20(31)16(23)13(5)29)21(32)26-15(8-14-9-24-10-25-14)19(30)28-18(22(33)34)12(4)7-2/h9-13,15-18,29H,6-8,23H2,1-5H3,(H,24,25)(H,26,32)(H,27,31)(H,28,30)(H,33,34). The van der Waals surface area contributed by atoms with E-state index in [0.29, 0.717) is 18.5 Å². The summed E-state index contributed by atoms with van der Waals surface area (Å²) in [6.07, 6.45) is 2.89. The zero-order valence-electron chi connectivity index (χ0n) is 20.4. The average molecular weight is 483 g/mol. The number of imidazole rings is 1. The van der Waals surface area contributed by atoms with Crippen LogP contribution in [0.3, 0.4) is 0 Å². The van der Waals surface area contributed by atoms with Crippen molar-refractivity contribution in [3.05, 3.63) is 18.2 Å². The molecule has 12 heteroatoms. The first kappa shape index (κ1) is 29.0. The van der Waals surface area contributed by atoms with Crippen molar-refractivity contribution >= 4 is 23.7 Å². The van der Waals surface area contributed by atoms with Gasteiger partial charge in [-0.1, -0.05) is 40.5 Å². The Morgan fingerprint density at radius 3 is 2.00 bits per heavy atom. The number of carbonyl (C=O) groups is 4. The van der Waals surface area contributed by atoms with Crippen molar-refractivity contribution in [2.24, 2.45) is 17.6 Å².